The van der Waals surface area contributed by atoms with Crippen molar-refractivity contribution in [3.05, 3.63) is 87.9 Å². The third-order valence-electron chi connectivity index (χ3n) is 6.15. The molecule has 1 atom stereocenters. The Morgan fingerprint density at radius 2 is 1.77 bits per heavy atom. The van der Waals surface area contributed by atoms with E-state index in [1.807, 2.05) is 61.5 Å². The molecule has 1 aromatic heterocycles. The van der Waals surface area contributed by atoms with Crippen molar-refractivity contribution in [2.24, 2.45) is 0 Å². The van der Waals surface area contributed by atoms with Crippen molar-refractivity contribution < 1.29 is 14.4 Å². The fourth-order valence-corrected chi connectivity index (χ4v) is 4.76. The van der Waals surface area contributed by atoms with E-state index in [-0.39, 0.29) is 29.7 Å². The van der Waals surface area contributed by atoms with E-state index in [1.54, 1.807) is 16.4 Å². The second-order valence-electron chi connectivity index (χ2n) is 8.78. The average Bonchev–Trinajstić information content (AvgIpc) is 3.28. The minimum absolute atomic E-state index is 0.0674. The van der Waals surface area contributed by atoms with Gasteiger partial charge in [0, 0.05) is 24.1 Å². The second kappa shape index (κ2) is 10.4. The van der Waals surface area contributed by atoms with Crippen molar-refractivity contribution in [1.82, 2.24) is 25.1 Å². The number of carbonyl (C=O) groups is 3. The van der Waals surface area contributed by atoms with Gasteiger partial charge in [-0.05, 0) is 36.6 Å². The Labute approximate surface area is 212 Å². The summed E-state index contributed by atoms with van der Waals surface area (Å²) in [6.07, 6.45) is 2.14. The molecule has 0 spiro atoms. The summed E-state index contributed by atoms with van der Waals surface area (Å²) in [6, 6.07) is 17.2. The van der Waals surface area contributed by atoms with Crippen molar-refractivity contribution in [2.45, 2.75) is 45.4 Å². The van der Waals surface area contributed by atoms with Gasteiger partial charge in [-0.3, -0.25) is 14.4 Å². The third-order valence-corrected chi connectivity index (χ3v) is 6.64. The van der Waals surface area contributed by atoms with Gasteiger partial charge >= 0.3 is 0 Å². The van der Waals surface area contributed by atoms with Crippen LogP contribution >= 0.6 is 15.9 Å². The molecule has 3 amide bonds. The Morgan fingerprint density at radius 1 is 1.06 bits per heavy atom. The fourth-order valence-electron chi connectivity index (χ4n) is 4.31. The first-order valence-electron chi connectivity index (χ1n) is 11.6. The summed E-state index contributed by atoms with van der Waals surface area (Å²) in [5, 5.41) is 5.81. The van der Waals surface area contributed by atoms with Gasteiger partial charge in [-0.15, -0.1) is 0 Å². The molecule has 0 fully saturated rings. The van der Waals surface area contributed by atoms with Gasteiger partial charge in [-0.25, -0.2) is 4.98 Å². The van der Waals surface area contributed by atoms with Gasteiger partial charge in [0.15, 0.2) is 5.69 Å². The SMILES string of the molecule is CCCN1C(=O)c2c(C(=O)NCc3cccc(Br)c3)ncn2C[C@]1(C)C(=O)NCc1ccccc1. The van der Waals surface area contributed by atoms with Crippen LogP contribution in [0.15, 0.2) is 65.4 Å². The number of hydrogen-bond donors (Lipinski definition) is 2. The third kappa shape index (κ3) is 5.14. The standard InChI is InChI=1S/C26H28BrN5O3/c1-3-12-32-24(34)22-21(23(33)28-15-19-10-7-11-20(27)13-19)30-17-31(22)16-26(32,2)25(35)29-14-18-8-5-4-6-9-18/h4-11,13,17H,3,12,14-16H2,1-2H3,(H,28,33)(H,29,35)/t26-/m1/s1. The number of rotatable bonds is 8. The molecule has 182 valence electrons. The van der Waals surface area contributed by atoms with Gasteiger partial charge in [-0.1, -0.05) is 65.3 Å². The van der Waals surface area contributed by atoms with Crippen LogP contribution in [0.2, 0.25) is 0 Å². The van der Waals surface area contributed by atoms with E-state index in [0.29, 0.717) is 26.1 Å². The molecule has 4 rings (SSSR count). The summed E-state index contributed by atoms with van der Waals surface area (Å²) in [5.41, 5.74) is 1.06. The maximum absolute atomic E-state index is 13.6. The monoisotopic (exact) mass is 537 g/mol. The molecule has 0 aliphatic carbocycles. The molecule has 3 aromatic rings. The van der Waals surface area contributed by atoms with Crippen LogP contribution < -0.4 is 10.6 Å². The van der Waals surface area contributed by atoms with E-state index < -0.39 is 11.4 Å². The Morgan fingerprint density at radius 3 is 2.49 bits per heavy atom. The lowest BCUT2D eigenvalue weighted by molar-refractivity contribution is -0.133. The fraction of sp³-hybridized carbons (Fsp3) is 0.308. The largest absolute Gasteiger partial charge is 0.350 e. The summed E-state index contributed by atoms with van der Waals surface area (Å²) in [6.45, 7) is 4.98. The van der Waals surface area contributed by atoms with E-state index >= 15 is 0 Å². The lowest BCUT2D eigenvalue weighted by atomic mass is 9.94. The predicted octanol–water partition coefficient (Wildman–Crippen LogP) is 3.52. The quantitative estimate of drug-likeness (QED) is 0.459. The molecule has 0 saturated carbocycles. The van der Waals surface area contributed by atoms with Crippen LogP contribution in [0.4, 0.5) is 0 Å². The van der Waals surface area contributed by atoms with Crippen molar-refractivity contribution in [3.8, 4) is 0 Å². The Hall–Kier alpha value is -3.46. The molecule has 35 heavy (non-hydrogen) atoms. The van der Waals surface area contributed by atoms with E-state index in [4.69, 9.17) is 0 Å². The highest BCUT2D eigenvalue weighted by molar-refractivity contribution is 9.10. The topological polar surface area (TPSA) is 96.3 Å². The number of fused-ring (bicyclic) bond motifs is 1. The lowest BCUT2D eigenvalue weighted by Gasteiger charge is -2.43. The molecule has 0 unspecified atom stereocenters. The first-order valence-corrected chi connectivity index (χ1v) is 12.3. The van der Waals surface area contributed by atoms with Crippen LogP contribution in [0, 0.1) is 0 Å². The minimum Gasteiger partial charge on any atom is -0.350 e. The van der Waals surface area contributed by atoms with Crippen LogP contribution in [-0.2, 0) is 24.4 Å². The number of aromatic nitrogens is 2. The summed E-state index contributed by atoms with van der Waals surface area (Å²) in [5.74, 6) is -1.05. The number of nitrogens with zero attached hydrogens (tertiary/aromatic N) is 3. The smallest absolute Gasteiger partial charge is 0.273 e. The number of benzene rings is 2. The first kappa shape index (κ1) is 24.7. The second-order valence-corrected chi connectivity index (χ2v) is 9.70. The molecule has 1 aliphatic heterocycles. The van der Waals surface area contributed by atoms with Crippen molar-refractivity contribution in [2.75, 3.05) is 6.54 Å². The van der Waals surface area contributed by atoms with Gasteiger partial charge in [-0.2, -0.15) is 0 Å². The Kier molecular flexibility index (Phi) is 7.35. The van der Waals surface area contributed by atoms with E-state index in [9.17, 15) is 14.4 Å². The molecular weight excluding hydrogens is 510 g/mol. The van der Waals surface area contributed by atoms with Gasteiger partial charge in [0.2, 0.25) is 5.91 Å². The number of carbonyl (C=O) groups excluding carboxylic acids is 3. The lowest BCUT2D eigenvalue weighted by Crippen LogP contribution is -2.64. The first-order chi connectivity index (χ1) is 16.8. The van der Waals surface area contributed by atoms with E-state index in [1.165, 1.54) is 6.33 Å². The number of nitrogens with one attached hydrogen (secondary N) is 2. The van der Waals surface area contributed by atoms with Gasteiger partial charge in [0.1, 0.15) is 11.2 Å². The van der Waals surface area contributed by atoms with Crippen LogP contribution in [0.25, 0.3) is 0 Å². The highest BCUT2D eigenvalue weighted by atomic mass is 79.9. The average molecular weight is 538 g/mol. The van der Waals surface area contributed by atoms with Gasteiger partial charge < -0.3 is 20.1 Å². The zero-order valence-electron chi connectivity index (χ0n) is 19.8. The summed E-state index contributed by atoms with van der Waals surface area (Å²) >= 11 is 3.42. The van der Waals surface area contributed by atoms with Gasteiger partial charge in [0.25, 0.3) is 11.8 Å². The molecule has 2 heterocycles. The number of hydrogen-bond acceptors (Lipinski definition) is 4. The molecule has 1 aliphatic rings. The van der Waals surface area contributed by atoms with Crippen LogP contribution in [0.1, 0.15) is 52.4 Å². The minimum atomic E-state index is -1.11. The normalized spacial score (nSPS) is 17.1. The molecular formula is C26H28BrN5O3. The number of amides is 3. The van der Waals surface area contributed by atoms with Crippen LogP contribution in [0.5, 0.6) is 0 Å². The molecule has 0 saturated heterocycles. The molecule has 0 bridgehead atoms. The van der Waals surface area contributed by atoms with Crippen molar-refractivity contribution in [3.63, 3.8) is 0 Å². The molecule has 2 aromatic carbocycles. The Balaban J connectivity index is 1.54. The van der Waals surface area contributed by atoms with Gasteiger partial charge in [0.05, 0.1) is 12.9 Å². The zero-order valence-corrected chi connectivity index (χ0v) is 21.3. The molecule has 9 heteroatoms. The number of imidazole rings is 1. The summed E-state index contributed by atoms with van der Waals surface area (Å²) in [4.78, 5) is 45.7. The zero-order chi connectivity index (χ0) is 25.0. The Bertz CT molecular complexity index is 1240. The van der Waals surface area contributed by atoms with Crippen molar-refractivity contribution in [1.29, 1.82) is 0 Å². The molecule has 0 radical (unpaired) electrons. The molecule has 2 N–H and O–H groups in total. The maximum Gasteiger partial charge on any atom is 0.273 e. The molecule has 8 nitrogen and oxygen atoms in total. The highest BCUT2D eigenvalue weighted by Gasteiger charge is 2.48. The van der Waals surface area contributed by atoms with E-state index in [2.05, 4.69) is 31.5 Å². The van der Waals surface area contributed by atoms with Crippen LogP contribution in [-0.4, -0.2) is 44.3 Å². The van der Waals surface area contributed by atoms with E-state index in [0.717, 1.165) is 15.6 Å². The van der Waals surface area contributed by atoms with Crippen LogP contribution in [0.3, 0.4) is 0 Å². The summed E-state index contributed by atoms with van der Waals surface area (Å²) in [7, 11) is 0. The predicted molar refractivity (Wildman–Crippen MR) is 136 cm³/mol. The highest BCUT2D eigenvalue weighted by Crippen LogP contribution is 2.29. The maximum atomic E-state index is 13.6. The van der Waals surface area contributed by atoms with Crippen molar-refractivity contribution >= 4 is 33.7 Å². The number of halogens is 1. The summed E-state index contributed by atoms with van der Waals surface area (Å²) < 4.78 is 2.53.